The van der Waals surface area contributed by atoms with E-state index in [0.29, 0.717) is 12.8 Å². The largest absolute Gasteiger partial charge is 0.481 e. The van der Waals surface area contributed by atoms with Crippen molar-refractivity contribution in [1.82, 2.24) is 0 Å². The van der Waals surface area contributed by atoms with E-state index in [-0.39, 0.29) is 25.6 Å². The summed E-state index contributed by atoms with van der Waals surface area (Å²) < 4.78 is 0. The van der Waals surface area contributed by atoms with Gasteiger partial charge in [0.25, 0.3) is 0 Å². The Hall–Kier alpha value is -1.14. The molecule has 0 spiro atoms. The van der Waals surface area contributed by atoms with Crippen LogP contribution in [0.4, 0.5) is 0 Å². The fraction of sp³-hybridized carbons (Fsp3) is 0.833. The fourth-order valence-electron chi connectivity index (χ4n) is 1.10. The van der Waals surface area contributed by atoms with Gasteiger partial charge in [-0.15, -0.1) is 0 Å². The van der Waals surface area contributed by atoms with Crippen LogP contribution in [0.15, 0.2) is 0 Å². The average molecular weight is 264 g/mol. The topological polar surface area (TPSA) is 115 Å². The van der Waals surface area contributed by atoms with Crippen LogP contribution in [-0.4, -0.2) is 45.1 Å². The van der Waals surface area contributed by atoms with Crippen molar-refractivity contribution < 1.29 is 30.0 Å². The van der Waals surface area contributed by atoms with E-state index >= 15 is 0 Å². The predicted molar refractivity (Wildman–Crippen MR) is 66.4 cm³/mol. The van der Waals surface area contributed by atoms with Crippen molar-refractivity contribution in [3.05, 3.63) is 0 Å². The summed E-state index contributed by atoms with van der Waals surface area (Å²) in [7, 11) is 0. The van der Waals surface area contributed by atoms with Crippen molar-refractivity contribution in [1.29, 1.82) is 0 Å². The number of carboxylic acid groups (broad SMARTS) is 2. The van der Waals surface area contributed by atoms with E-state index in [1.165, 1.54) is 0 Å². The molecule has 1 atom stereocenters. The molecule has 0 heterocycles. The van der Waals surface area contributed by atoms with Gasteiger partial charge < -0.3 is 20.4 Å². The number of aliphatic carboxylic acids is 2. The molecule has 0 aromatic rings. The molecule has 1 unspecified atom stereocenters. The highest BCUT2D eigenvalue weighted by molar-refractivity contribution is 5.67. The number of carboxylic acids is 2. The SMILES string of the molecule is CC(O)CCCCO.O=C(O)CCCCC(=O)O. The Morgan fingerprint density at radius 3 is 1.67 bits per heavy atom. The first-order valence-electron chi connectivity index (χ1n) is 6.12. The molecule has 4 N–H and O–H groups in total. The zero-order chi connectivity index (χ0) is 14.4. The van der Waals surface area contributed by atoms with Crippen LogP contribution in [0.2, 0.25) is 0 Å². The Bertz CT molecular complexity index is 199. The van der Waals surface area contributed by atoms with Crippen LogP contribution in [0.5, 0.6) is 0 Å². The third-order valence-electron chi connectivity index (χ3n) is 2.06. The van der Waals surface area contributed by atoms with Gasteiger partial charge in [0.15, 0.2) is 0 Å². The molecule has 0 saturated heterocycles. The highest BCUT2D eigenvalue weighted by atomic mass is 16.4. The van der Waals surface area contributed by atoms with E-state index in [1.54, 1.807) is 6.92 Å². The molecular formula is C12H24O6. The average Bonchev–Trinajstić information content (AvgIpc) is 2.25. The monoisotopic (exact) mass is 264 g/mol. The van der Waals surface area contributed by atoms with Crippen molar-refractivity contribution in [3.63, 3.8) is 0 Å². The number of carbonyl (C=O) groups is 2. The second-order valence-corrected chi connectivity index (χ2v) is 4.06. The summed E-state index contributed by atoms with van der Waals surface area (Å²) in [6.07, 6.45) is 3.35. The Morgan fingerprint density at radius 1 is 0.944 bits per heavy atom. The number of rotatable bonds is 9. The van der Waals surface area contributed by atoms with Crippen molar-refractivity contribution in [2.24, 2.45) is 0 Å². The van der Waals surface area contributed by atoms with Gasteiger partial charge in [-0.25, -0.2) is 0 Å². The van der Waals surface area contributed by atoms with Crippen LogP contribution in [0.3, 0.4) is 0 Å². The number of aliphatic hydroxyl groups is 2. The number of hydrogen-bond acceptors (Lipinski definition) is 4. The van der Waals surface area contributed by atoms with Gasteiger partial charge in [0.2, 0.25) is 0 Å². The minimum atomic E-state index is -0.870. The molecule has 6 heteroatoms. The lowest BCUT2D eigenvalue weighted by molar-refractivity contribution is -0.139. The molecule has 6 nitrogen and oxygen atoms in total. The van der Waals surface area contributed by atoms with Gasteiger partial charge in [0.05, 0.1) is 6.10 Å². The van der Waals surface area contributed by atoms with Crippen molar-refractivity contribution in [3.8, 4) is 0 Å². The van der Waals surface area contributed by atoms with Crippen LogP contribution < -0.4 is 0 Å². The first-order chi connectivity index (χ1) is 8.40. The summed E-state index contributed by atoms with van der Waals surface area (Å²) >= 11 is 0. The summed E-state index contributed by atoms with van der Waals surface area (Å²) in [5, 5.41) is 33.3. The molecule has 0 aromatic carbocycles. The Morgan fingerprint density at radius 2 is 1.39 bits per heavy atom. The van der Waals surface area contributed by atoms with E-state index in [1.807, 2.05) is 0 Å². The van der Waals surface area contributed by atoms with Gasteiger partial charge >= 0.3 is 11.9 Å². The molecule has 0 radical (unpaired) electrons. The first kappa shape index (κ1) is 19.2. The van der Waals surface area contributed by atoms with E-state index in [9.17, 15) is 9.59 Å². The van der Waals surface area contributed by atoms with Gasteiger partial charge in [0.1, 0.15) is 0 Å². The molecule has 18 heavy (non-hydrogen) atoms. The summed E-state index contributed by atoms with van der Waals surface area (Å²) in [6.45, 7) is 2.00. The lowest BCUT2D eigenvalue weighted by Crippen LogP contribution is -1.98. The number of unbranched alkanes of at least 4 members (excludes halogenated alkanes) is 2. The molecule has 0 aliphatic rings. The minimum Gasteiger partial charge on any atom is -0.481 e. The summed E-state index contributed by atoms with van der Waals surface area (Å²) in [4.78, 5) is 19.8. The standard InChI is InChI=1S/C6H10O4.C6H14O2/c7-5(8)3-1-2-4-6(9)10;1-6(8)4-2-3-5-7/h1-4H2,(H,7,8)(H,9,10);6-8H,2-5H2,1H3. The molecule has 0 aliphatic carbocycles. The zero-order valence-electron chi connectivity index (χ0n) is 10.8. The minimum absolute atomic E-state index is 0.0628. The van der Waals surface area contributed by atoms with Crippen LogP contribution in [0.1, 0.15) is 51.9 Å². The smallest absolute Gasteiger partial charge is 0.303 e. The van der Waals surface area contributed by atoms with Gasteiger partial charge in [-0.1, -0.05) is 0 Å². The molecule has 0 bridgehead atoms. The van der Waals surface area contributed by atoms with Crippen LogP contribution in [0, 0.1) is 0 Å². The lowest BCUT2D eigenvalue weighted by atomic mass is 10.2. The summed E-state index contributed by atoms with van der Waals surface area (Å²) in [5.74, 6) is -1.74. The second kappa shape index (κ2) is 13.9. The van der Waals surface area contributed by atoms with E-state index in [0.717, 1.165) is 19.3 Å². The maximum Gasteiger partial charge on any atom is 0.303 e. The van der Waals surface area contributed by atoms with E-state index in [4.69, 9.17) is 20.4 Å². The van der Waals surface area contributed by atoms with Gasteiger partial charge in [-0.2, -0.15) is 0 Å². The van der Waals surface area contributed by atoms with Crippen molar-refractivity contribution in [2.45, 2.75) is 58.0 Å². The second-order valence-electron chi connectivity index (χ2n) is 4.06. The predicted octanol–water partition coefficient (Wildman–Crippen LogP) is 1.25. The number of hydrogen-bond donors (Lipinski definition) is 4. The van der Waals surface area contributed by atoms with Gasteiger partial charge in [0, 0.05) is 19.4 Å². The molecule has 0 rings (SSSR count). The third-order valence-corrected chi connectivity index (χ3v) is 2.06. The van der Waals surface area contributed by atoms with Crippen molar-refractivity contribution in [2.75, 3.05) is 6.61 Å². The normalized spacial score (nSPS) is 11.3. The highest BCUT2D eigenvalue weighted by Gasteiger charge is 1.99. The fourth-order valence-corrected chi connectivity index (χ4v) is 1.10. The first-order valence-corrected chi connectivity index (χ1v) is 6.12. The molecule has 0 fully saturated rings. The maximum absolute atomic E-state index is 9.90. The third kappa shape index (κ3) is 24.2. The molecule has 0 amide bonds. The summed E-state index contributed by atoms with van der Waals surface area (Å²) in [5.41, 5.74) is 0. The molecule has 0 aromatic heterocycles. The lowest BCUT2D eigenvalue weighted by Gasteiger charge is -1.99. The molecule has 108 valence electrons. The van der Waals surface area contributed by atoms with Crippen LogP contribution >= 0.6 is 0 Å². The van der Waals surface area contributed by atoms with Crippen LogP contribution in [0.25, 0.3) is 0 Å². The summed E-state index contributed by atoms with van der Waals surface area (Å²) in [6, 6.07) is 0. The highest BCUT2D eigenvalue weighted by Crippen LogP contribution is 1.99. The number of aliphatic hydroxyl groups excluding tert-OH is 2. The molecule has 0 saturated carbocycles. The van der Waals surface area contributed by atoms with Gasteiger partial charge in [-0.3, -0.25) is 9.59 Å². The maximum atomic E-state index is 9.90. The van der Waals surface area contributed by atoms with E-state index in [2.05, 4.69) is 0 Å². The van der Waals surface area contributed by atoms with Gasteiger partial charge in [-0.05, 0) is 39.0 Å². The molecular weight excluding hydrogens is 240 g/mol. The van der Waals surface area contributed by atoms with Crippen LogP contribution in [-0.2, 0) is 9.59 Å². The molecule has 0 aliphatic heterocycles. The zero-order valence-corrected chi connectivity index (χ0v) is 10.8. The van der Waals surface area contributed by atoms with E-state index < -0.39 is 11.9 Å². The van der Waals surface area contributed by atoms with Crippen molar-refractivity contribution >= 4 is 11.9 Å². The quantitative estimate of drug-likeness (QED) is 0.466. The Labute approximate surface area is 107 Å². The Kier molecular flexibility index (Phi) is 14.9. The Balaban J connectivity index is 0.